The Morgan fingerprint density at radius 3 is 2.44 bits per heavy atom. The molecular formula is C24H40O3. The first-order valence-corrected chi connectivity index (χ1v) is 11.7. The third-order valence-corrected chi connectivity index (χ3v) is 10.2. The van der Waals surface area contributed by atoms with Gasteiger partial charge in [0.2, 0.25) is 0 Å². The fraction of sp³-hybridized carbons (Fsp3) is 0.958. The van der Waals surface area contributed by atoms with Gasteiger partial charge in [-0.3, -0.25) is 4.79 Å². The summed E-state index contributed by atoms with van der Waals surface area (Å²) < 4.78 is 0. The van der Waals surface area contributed by atoms with Gasteiger partial charge in [-0.15, -0.1) is 0 Å². The van der Waals surface area contributed by atoms with Crippen LogP contribution in [0, 0.1) is 46.3 Å². The van der Waals surface area contributed by atoms with Crippen molar-refractivity contribution in [3.8, 4) is 0 Å². The van der Waals surface area contributed by atoms with Crippen LogP contribution < -0.4 is 0 Å². The molecule has 0 bridgehead atoms. The first-order valence-electron chi connectivity index (χ1n) is 11.7. The lowest BCUT2D eigenvalue weighted by atomic mass is 9.44. The fourth-order valence-corrected chi connectivity index (χ4v) is 8.76. The van der Waals surface area contributed by atoms with Gasteiger partial charge in [0.25, 0.3) is 0 Å². The van der Waals surface area contributed by atoms with Crippen LogP contribution >= 0.6 is 0 Å². The maximum absolute atomic E-state index is 11.0. The third kappa shape index (κ3) is 3.16. The Balaban J connectivity index is 1.51. The molecule has 9 atom stereocenters. The van der Waals surface area contributed by atoms with Gasteiger partial charge in [0.05, 0.1) is 6.10 Å². The Morgan fingerprint density at radius 2 is 1.70 bits per heavy atom. The van der Waals surface area contributed by atoms with E-state index in [9.17, 15) is 9.90 Å². The van der Waals surface area contributed by atoms with Crippen molar-refractivity contribution in [3.63, 3.8) is 0 Å². The summed E-state index contributed by atoms with van der Waals surface area (Å²) in [6.07, 6.45) is 12.4. The van der Waals surface area contributed by atoms with Gasteiger partial charge in [0.1, 0.15) is 0 Å². The third-order valence-electron chi connectivity index (χ3n) is 10.2. The highest BCUT2D eigenvalue weighted by molar-refractivity contribution is 5.66. The molecule has 0 aromatic rings. The van der Waals surface area contributed by atoms with Crippen molar-refractivity contribution in [2.24, 2.45) is 46.3 Å². The van der Waals surface area contributed by atoms with Crippen LogP contribution in [0.25, 0.3) is 0 Å². The van der Waals surface area contributed by atoms with Crippen molar-refractivity contribution in [3.05, 3.63) is 0 Å². The molecule has 0 aliphatic heterocycles. The van der Waals surface area contributed by atoms with Crippen LogP contribution in [0.5, 0.6) is 0 Å². The summed E-state index contributed by atoms with van der Waals surface area (Å²) in [5.41, 5.74) is 0.882. The minimum absolute atomic E-state index is 0.0561. The zero-order valence-corrected chi connectivity index (χ0v) is 17.6. The van der Waals surface area contributed by atoms with Crippen molar-refractivity contribution in [2.45, 2.75) is 97.5 Å². The van der Waals surface area contributed by atoms with E-state index >= 15 is 0 Å². The zero-order chi connectivity index (χ0) is 19.4. The van der Waals surface area contributed by atoms with Crippen molar-refractivity contribution in [2.75, 3.05) is 0 Å². The standard InChI is InChI=1S/C24H40O3/c1-15(4-9-22(26)27)19-7-8-20-18-6-5-16-14-17(25)10-12-23(16,2)21(18)11-13-24(19,20)3/h15-21,25H,4-14H2,1-3H3,(H,26,27)/t15?,16-,17?,18?,19?,20?,21?,23+,24-/m1/s1. The normalized spacial score (nSPS) is 50.4. The Morgan fingerprint density at radius 1 is 1.00 bits per heavy atom. The number of carbonyl (C=O) groups is 1. The van der Waals surface area contributed by atoms with E-state index in [0.717, 1.165) is 42.9 Å². The van der Waals surface area contributed by atoms with Crippen LogP contribution in [-0.4, -0.2) is 22.3 Å². The van der Waals surface area contributed by atoms with Crippen LogP contribution in [0.2, 0.25) is 0 Å². The van der Waals surface area contributed by atoms with Crippen molar-refractivity contribution >= 4 is 5.97 Å². The molecule has 0 amide bonds. The van der Waals surface area contributed by atoms with E-state index in [0.29, 0.717) is 29.1 Å². The lowest BCUT2D eigenvalue weighted by Gasteiger charge is -2.61. The topological polar surface area (TPSA) is 57.5 Å². The smallest absolute Gasteiger partial charge is 0.303 e. The van der Waals surface area contributed by atoms with E-state index in [1.165, 1.54) is 44.9 Å². The monoisotopic (exact) mass is 376 g/mol. The lowest BCUT2D eigenvalue weighted by Crippen LogP contribution is -2.54. The van der Waals surface area contributed by atoms with Gasteiger partial charge in [-0.25, -0.2) is 0 Å². The Bertz CT molecular complexity index is 574. The molecule has 0 spiro atoms. The van der Waals surface area contributed by atoms with Crippen molar-refractivity contribution < 1.29 is 15.0 Å². The highest BCUT2D eigenvalue weighted by atomic mass is 16.4. The van der Waals surface area contributed by atoms with Crippen molar-refractivity contribution in [1.29, 1.82) is 0 Å². The van der Waals surface area contributed by atoms with Gasteiger partial charge in [-0.1, -0.05) is 20.8 Å². The molecule has 6 unspecified atom stereocenters. The van der Waals surface area contributed by atoms with Gasteiger partial charge < -0.3 is 10.2 Å². The molecule has 4 fully saturated rings. The van der Waals surface area contributed by atoms with Crippen LogP contribution in [0.4, 0.5) is 0 Å². The minimum atomic E-state index is -0.643. The molecule has 0 aromatic carbocycles. The number of carboxylic acids is 1. The quantitative estimate of drug-likeness (QED) is 0.680. The molecule has 154 valence electrons. The molecule has 4 aliphatic rings. The summed E-state index contributed by atoms with van der Waals surface area (Å²) in [6, 6.07) is 0. The van der Waals surface area contributed by atoms with Gasteiger partial charge in [-0.2, -0.15) is 0 Å². The summed E-state index contributed by atoms with van der Waals surface area (Å²) >= 11 is 0. The second-order valence-corrected chi connectivity index (χ2v) is 11.2. The summed E-state index contributed by atoms with van der Waals surface area (Å²) in [7, 11) is 0. The number of aliphatic hydroxyl groups is 1. The van der Waals surface area contributed by atoms with Gasteiger partial charge in [-0.05, 0) is 111 Å². The van der Waals surface area contributed by atoms with Crippen LogP contribution in [0.1, 0.15) is 91.4 Å². The van der Waals surface area contributed by atoms with Gasteiger partial charge in [0.15, 0.2) is 0 Å². The largest absolute Gasteiger partial charge is 0.481 e. The van der Waals surface area contributed by atoms with Gasteiger partial charge >= 0.3 is 5.97 Å². The molecule has 3 nitrogen and oxygen atoms in total. The van der Waals surface area contributed by atoms with Crippen LogP contribution in [0.3, 0.4) is 0 Å². The molecule has 4 aliphatic carbocycles. The number of hydrogen-bond acceptors (Lipinski definition) is 2. The predicted molar refractivity (Wildman–Crippen MR) is 107 cm³/mol. The molecule has 3 heteroatoms. The number of aliphatic carboxylic acids is 1. The van der Waals surface area contributed by atoms with E-state index < -0.39 is 5.97 Å². The van der Waals surface area contributed by atoms with E-state index in [-0.39, 0.29) is 6.10 Å². The van der Waals surface area contributed by atoms with Crippen LogP contribution in [-0.2, 0) is 4.79 Å². The summed E-state index contributed by atoms with van der Waals surface area (Å²) in [5.74, 6) is 3.91. The molecule has 0 aromatic heterocycles. The highest BCUT2D eigenvalue weighted by Crippen LogP contribution is 2.68. The fourth-order valence-electron chi connectivity index (χ4n) is 8.76. The molecule has 4 saturated carbocycles. The molecule has 27 heavy (non-hydrogen) atoms. The molecule has 0 radical (unpaired) electrons. The first kappa shape index (κ1) is 19.7. The Kier molecular flexibility index (Phi) is 5.15. The summed E-state index contributed by atoms with van der Waals surface area (Å²) in [4.78, 5) is 11.0. The van der Waals surface area contributed by atoms with E-state index in [1.807, 2.05) is 0 Å². The lowest BCUT2D eigenvalue weighted by molar-refractivity contribution is -0.138. The maximum atomic E-state index is 11.0. The molecular weight excluding hydrogens is 336 g/mol. The number of fused-ring (bicyclic) bond motifs is 5. The average molecular weight is 377 g/mol. The van der Waals surface area contributed by atoms with E-state index in [4.69, 9.17) is 5.11 Å². The van der Waals surface area contributed by atoms with E-state index in [1.54, 1.807) is 0 Å². The Hall–Kier alpha value is -0.570. The maximum Gasteiger partial charge on any atom is 0.303 e. The average Bonchev–Trinajstić information content (AvgIpc) is 2.97. The number of aliphatic hydroxyl groups excluding tert-OH is 1. The molecule has 4 rings (SSSR count). The van der Waals surface area contributed by atoms with Crippen molar-refractivity contribution in [1.82, 2.24) is 0 Å². The summed E-state index contributed by atoms with van der Waals surface area (Å²) in [6.45, 7) is 7.43. The second kappa shape index (κ2) is 7.04. The SMILES string of the molecule is CC(CCC(=O)O)C1CCC2C3CC[C@@H]4CC(O)CC[C@]4(C)C3CC[C@]12C. The van der Waals surface area contributed by atoms with Gasteiger partial charge in [0, 0.05) is 6.42 Å². The van der Waals surface area contributed by atoms with E-state index in [2.05, 4.69) is 20.8 Å². The number of rotatable bonds is 4. The minimum Gasteiger partial charge on any atom is -0.481 e. The van der Waals surface area contributed by atoms with Crippen LogP contribution in [0.15, 0.2) is 0 Å². The molecule has 2 N–H and O–H groups in total. The molecule has 0 saturated heterocycles. The number of hydrogen-bond donors (Lipinski definition) is 2. The first-order chi connectivity index (χ1) is 12.8. The zero-order valence-electron chi connectivity index (χ0n) is 17.6. The predicted octanol–water partition coefficient (Wildman–Crippen LogP) is 5.51. The number of carboxylic acid groups (broad SMARTS) is 1. The highest BCUT2D eigenvalue weighted by Gasteiger charge is 2.60. The second-order valence-electron chi connectivity index (χ2n) is 11.2. The molecule has 0 heterocycles. The summed E-state index contributed by atoms with van der Waals surface area (Å²) in [5, 5.41) is 19.3. The Labute approximate surface area is 165 Å².